The molecule has 0 saturated heterocycles. The molecule has 1 heterocycles. The van der Waals surface area contributed by atoms with Gasteiger partial charge in [0.1, 0.15) is 12.4 Å². The molecule has 0 aliphatic rings. The summed E-state index contributed by atoms with van der Waals surface area (Å²) in [5, 5.41) is 6.75. The molecule has 126 valence electrons. The zero-order chi connectivity index (χ0) is 17.4. The van der Waals surface area contributed by atoms with Gasteiger partial charge in [0, 0.05) is 18.0 Å². The molecule has 1 aromatic carbocycles. The first-order valence-corrected chi connectivity index (χ1v) is 8.58. The largest absolute Gasteiger partial charge is 0.492 e. The lowest BCUT2D eigenvalue weighted by molar-refractivity contribution is 0.0984. The van der Waals surface area contributed by atoms with Crippen molar-refractivity contribution < 1.29 is 9.53 Å². The number of nitrogens with zero attached hydrogens (tertiary/aromatic N) is 2. The van der Waals surface area contributed by atoms with Crippen molar-refractivity contribution in [3.8, 4) is 0 Å². The Kier molecular flexibility index (Phi) is 6.62. The molecule has 0 radical (unpaired) electrons. The van der Waals surface area contributed by atoms with Crippen LogP contribution in [0.25, 0.3) is 0 Å². The molecule has 24 heavy (non-hydrogen) atoms. The fourth-order valence-electron chi connectivity index (χ4n) is 1.90. The van der Waals surface area contributed by atoms with Crippen LogP contribution in [0.4, 0.5) is 0 Å². The van der Waals surface area contributed by atoms with Crippen molar-refractivity contribution in [2.24, 2.45) is 4.99 Å². The Hall–Kier alpha value is -2.54. The first-order valence-electron chi connectivity index (χ1n) is 7.36. The fraction of sp³-hybridized carbons (Fsp3) is 0.235. The maximum Gasteiger partial charge on any atom is 0.261 e. The molecule has 1 amide bonds. The molecule has 0 atom stereocenters. The summed E-state index contributed by atoms with van der Waals surface area (Å²) < 4.78 is 8.38. The molecule has 2 rings (SSSR count). The van der Waals surface area contributed by atoms with Crippen LogP contribution in [0.5, 0.6) is 0 Å². The van der Waals surface area contributed by atoms with E-state index >= 15 is 0 Å². The van der Waals surface area contributed by atoms with Crippen molar-refractivity contribution in [1.82, 2.24) is 14.9 Å². The molecule has 0 aliphatic heterocycles. The SMILES string of the molecule is CSNC(=O)c1cccc(CO/C(C)=C/N=C(C)c2ccn[nH]2)c1. The summed E-state index contributed by atoms with van der Waals surface area (Å²) in [5.41, 5.74) is 3.23. The van der Waals surface area contributed by atoms with Crippen molar-refractivity contribution >= 4 is 23.6 Å². The zero-order valence-corrected chi connectivity index (χ0v) is 14.7. The minimum atomic E-state index is -0.114. The van der Waals surface area contributed by atoms with Gasteiger partial charge in [0.15, 0.2) is 0 Å². The number of carbonyl (C=O) groups excluding carboxylic acids is 1. The third-order valence-electron chi connectivity index (χ3n) is 3.18. The summed E-state index contributed by atoms with van der Waals surface area (Å²) in [6.07, 6.45) is 5.16. The Morgan fingerprint density at radius 3 is 2.96 bits per heavy atom. The number of ether oxygens (including phenoxy) is 1. The van der Waals surface area contributed by atoms with Crippen LogP contribution >= 0.6 is 11.9 Å². The second-order valence-electron chi connectivity index (χ2n) is 5.05. The van der Waals surface area contributed by atoms with Crippen LogP contribution < -0.4 is 4.72 Å². The molecule has 0 aliphatic carbocycles. The number of H-pyrrole nitrogens is 1. The molecule has 2 aromatic rings. The summed E-state index contributed by atoms with van der Waals surface area (Å²) >= 11 is 1.28. The maximum atomic E-state index is 11.8. The van der Waals surface area contributed by atoms with Crippen LogP contribution in [0, 0.1) is 0 Å². The van der Waals surface area contributed by atoms with Crippen molar-refractivity contribution in [3.05, 3.63) is 65.3 Å². The van der Waals surface area contributed by atoms with Gasteiger partial charge in [-0.2, -0.15) is 5.10 Å². The third-order valence-corrected chi connectivity index (χ3v) is 3.57. The molecule has 6 nitrogen and oxygen atoms in total. The number of aliphatic imine (C=N–C) groups is 1. The predicted octanol–water partition coefficient (Wildman–Crippen LogP) is 3.30. The molecule has 7 heteroatoms. The molecule has 0 saturated carbocycles. The maximum absolute atomic E-state index is 11.8. The monoisotopic (exact) mass is 344 g/mol. The minimum absolute atomic E-state index is 0.114. The van der Waals surface area contributed by atoms with Gasteiger partial charge in [-0.25, -0.2) is 0 Å². The number of rotatable bonds is 7. The van der Waals surface area contributed by atoms with Gasteiger partial charge in [0.05, 0.1) is 17.6 Å². The Morgan fingerprint density at radius 2 is 2.25 bits per heavy atom. The highest BCUT2D eigenvalue weighted by atomic mass is 32.2. The van der Waals surface area contributed by atoms with Crippen LogP contribution in [0.15, 0.2) is 53.5 Å². The quantitative estimate of drug-likeness (QED) is 0.459. The van der Waals surface area contributed by atoms with E-state index in [-0.39, 0.29) is 5.91 Å². The summed E-state index contributed by atoms with van der Waals surface area (Å²) in [6.45, 7) is 4.11. The van der Waals surface area contributed by atoms with Crippen LogP contribution in [0.2, 0.25) is 0 Å². The van der Waals surface area contributed by atoms with E-state index in [4.69, 9.17) is 4.74 Å². The number of aromatic nitrogens is 2. The lowest BCUT2D eigenvalue weighted by Crippen LogP contribution is -2.15. The number of nitrogens with one attached hydrogen (secondary N) is 2. The number of hydrogen-bond donors (Lipinski definition) is 2. The number of benzene rings is 1. The lowest BCUT2D eigenvalue weighted by Gasteiger charge is -2.07. The molecule has 0 fully saturated rings. The summed E-state index contributed by atoms with van der Waals surface area (Å²) in [7, 11) is 0. The normalized spacial score (nSPS) is 12.1. The predicted molar refractivity (Wildman–Crippen MR) is 96.8 cm³/mol. The fourth-order valence-corrected chi connectivity index (χ4v) is 2.21. The zero-order valence-electron chi connectivity index (χ0n) is 13.9. The number of amides is 1. The van der Waals surface area contributed by atoms with Gasteiger partial charge in [-0.1, -0.05) is 24.1 Å². The van der Waals surface area contributed by atoms with E-state index in [1.165, 1.54) is 11.9 Å². The highest BCUT2D eigenvalue weighted by molar-refractivity contribution is 7.97. The van der Waals surface area contributed by atoms with Gasteiger partial charge in [-0.05, 0) is 37.6 Å². The van der Waals surface area contributed by atoms with Gasteiger partial charge in [0.2, 0.25) is 0 Å². The standard InChI is InChI=1S/C17H20N4O2S/c1-12(10-18-13(2)16-7-8-19-20-16)23-11-14-5-4-6-15(9-14)17(22)21-24-3/h4-10H,11H2,1-3H3,(H,19,20)(H,21,22)/b12-10+,18-13?. The Bertz CT molecular complexity index is 739. The van der Waals surface area contributed by atoms with Crippen molar-refractivity contribution in [1.29, 1.82) is 0 Å². The first kappa shape index (κ1) is 17.8. The molecule has 0 unspecified atom stereocenters. The highest BCUT2D eigenvalue weighted by Gasteiger charge is 2.05. The Labute approximate surface area is 145 Å². The van der Waals surface area contributed by atoms with Gasteiger partial charge < -0.3 is 4.74 Å². The average molecular weight is 344 g/mol. The van der Waals surface area contributed by atoms with E-state index in [0.29, 0.717) is 17.9 Å². The van der Waals surface area contributed by atoms with E-state index in [1.54, 1.807) is 18.5 Å². The topological polar surface area (TPSA) is 79.4 Å². The smallest absolute Gasteiger partial charge is 0.261 e. The number of aromatic amines is 1. The van der Waals surface area contributed by atoms with Crippen molar-refractivity contribution in [2.45, 2.75) is 20.5 Å². The number of allylic oxidation sites excluding steroid dienone is 1. The summed E-state index contributed by atoms with van der Waals surface area (Å²) in [6, 6.07) is 9.21. The third kappa shape index (κ3) is 5.27. The molecule has 0 spiro atoms. The van der Waals surface area contributed by atoms with E-state index in [2.05, 4.69) is 19.9 Å². The minimum Gasteiger partial charge on any atom is -0.492 e. The first-order chi connectivity index (χ1) is 11.6. The molecular formula is C17H20N4O2S. The highest BCUT2D eigenvalue weighted by Crippen LogP contribution is 2.10. The summed E-state index contributed by atoms with van der Waals surface area (Å²) in [4.78, 5) is 16.2. The molecule has 1 aromatic heterocycles. The van der Waals surface area contributed by atoms with Gasteiger partial charge in [-0.15, -0.1) is 0 Å². The average Bonchev–Trinajstić information content (AvgIpc) is 3.13. The second kappa shape index (κ2) is 8.93. The van der Waals surface area contributed by atoms with Crippen LogP contribution in [0.3, 0.4) is 0 Å². The van der Waals surface area contributed by atoms with Crippen molar-refractivity contribution in [2.75, 3.05) is 6.26 Å². The van der Waals surface area contributed by atoms with Gasteiger partial charge >= 0.3 is 0 Å². The van der Waals surface area contributed by atoms with E-state index in [0.717, 1.165) is 17.0 Å². The summed E-state index contributed by atoms with van der Waals surface area (Å²) in [5.74, 6) is 0.573. The van der Waals surface area contributed by atoms with Gasteiger partial charge in [-0.3, -0.25) is 19.6 Å². The second-order valence-corrected chi connectivity index (χ2v) is 5.66. The van der Waals surface area contributed by atoms with Gasteiger partial charge in [0.25, 0.3) is 5.91 Å². The molecule has 2 N–H and O–H groups in total. The number of carbonyl (C=O) groups is 1. The molecule has 0 bridgehead atoms. The number of hydrogen-bond acceptors (Lipinski definition) is 5. The lowest BCUT2D eigenvalue weighted by atomic mass is 10.1. The van der Waals surface area contributed by atoms with E-state index in [9.17, 15) is 4.79 Å². The Morgan fingerprint density at radius 1 is 1.42 bits per heavy atom. The van der Waals surface area contributed by atoms with Crippen LogP contribution in [-0.2, 0) is 11.3 Å². The van der Waals surface area contributed by atoms with E-state index < -0.39 is 0 Å². The van der Waals surface area contributed by atoms with Crippen LogP contribution in [-0.4, -0.2) is 28.1 Å². The van der Waals surface area contributed by atoms with Crippen LogP contribution in [0.1, 0.15) is 35.5 Å². The van der Waals surface area contributed by atoms with E-state index in [1.807, 2.05) is 44.4 Å². The molecular weight excluding hydrogens is 324 g/mol. The Balaban J connectivity index is 1.95. The van der Waals surface area contributed by atoms with Crippen molar-refractivity contribution in [3.63, 3.8) is 0 Å².